The molecule has 0 amide bonds. The van der Waals surface area contributed by atoms with Crippen LogP contribution in [0.25, 0.3) is 0 Å². The summed E-state index contributed by atoms with van der Waals surface area (Å²) in [6.07, 6.45) is 0. The van der Waals surface area contributed by atoms with Crippen molar-refractivity contribution < 1.29 is 9.84 Å². The van der Waals surface area contributed by atoms with Crippen molar-refractivity contribution in [2.45, 2.75) is 26.0 Å². The zero-order valence-corrected chi connectivity index (χ0v) is 17.9. The molecule has 1 unspecified atom stereocenters. The lowest BCUT2D eigenvalue weighted by atomic mass is 9.96. The van der Waals surface area contributed by atoms with Gasteiger partial charge in [-0.05, 0) is 37.1 Å². The number of methoxy groups -OCH3 is 1. The Bertz CT molecular complexity index is 690. The van der Waals surface area contributed by atoms with Crippen LogP contribution in [-0.2, 0) is 12.1 Å². The number of ether oxygens (including phenoxy) is 1. The number of guanidine groups is 1. The van der Waals surface area contributed by atoms with E-state index >= 15 is 0 Å². The number of hydrogen-bond acceptors (Lipinski definition) is 3. The molecule has 0 aromatic heterocycles. The van der Waals surface area contributed by atoms with Crippen LogP contribution in [0.4, 0.5) is 0 Å². The van der Waals surface area contributed by atoms with Crippen molar-refractivity contribution in [2.75, 3.05) is 20.2 Å². The largest absolute Gasteiger partial charge is 0.497 e. The molecule has 2 aromatic carbocycles. The van der Waals surface area contributed by atoms with Crippen molar-refractivity contribution in [3.05, 3.63) is 65.7 Å². The molecule has 142 valence electrons. The third-order valence-electron chi connectivity index (χ3n) is 3.89. The van der Waals surface area contributed by atoms with E-state index < -0.39 is 5.60 Å². The van der Waals surface area contributed by atoms with E-state index in [1.165, 1.54) is 0 Å². The summed E-state index contributed by atoms with van der Waals surface area (Å²) in [5.74, 6) is 1.49. The summed E-state index contributed by atoms with van der Waals surface area (Å²) in [6, 6.07) is 17.5. The van der Waals surface area contributed by atoms with Crippen LogP contribution in [0.3, 0.4) is 0 Å². The van der Waals surface area contributed by atoms with Crippen LogP contribution in [0, 0.1) is 0 Å². The molecule has 5 nitrogen and oxygen atoms in total. The topological polar surface area (TPSA) is 65.9 Å². The normalized spacial score (nSPS) is 13.3. The van der Waals surface area contributed by atoms with Crippen LogP contribution in [-0.4, -0.2) is 31.3 Å². The van der Waals surface area contributed by atoms with Crippen LogP contribution < -0.4 is 15.4 Å². The maximum atomic E-state index is 10.7. The molecule has 3 N–H and O–H groups in total. The fourth-order valence-electron chi connectivity index (χ4n) is 2.44. The minimum Gasteiger partial charge on any atom is -0.497 e. The van der Waals surface area contributed by atoms with Crippen LogP contribution >= 0.6 is 24.0 Å². The Morgan fingerprint density at radius 2 is 1.85 bits per heavy atom. The molecule has 0 radical (unpaired) electrons. The fourth-order valence-corrected chi connectivity index (χ4v) is 2.44. The molecule has 0 saturated carbocycles. The van der Waals surface area contributed by atoms with E-state index in [0.29, 0.717) is 19.0 Å². The lowest BCUT2D eigenvalue weighted by Crippen LogP contribution is -2.44. The summed E-state index contributed by atoms with van der Waals surface area (Å²) in [5.41, 5.74) is 0.950. The number of aliphatic hydroxyl groups is 1. The van der Waals surface area contributed by atoms with Gasteiger partial charge in [-0.3, -0.25) is 0 Å². The first kappa shape index (κ1) is 22.2. The van der Waals surface area contributed by atoms with E-state index in [0.717, 1.165) is 23.4 Å². The van der Waals surface area contributed by atoms with Gasteiger partial charge in [0.1, 0.15) is 11.4 Å². The van der Waals surface area contributed by atoms with E-state index in [2.05, 4.69) is 15.6 Å². The van der Waals surface area contributed by atoms with Crippen molar-refractivity contribution in [3.8, 4) is 5.75 Å². The molecule has 0 aliphatic rings. The average molecular weight is 469 g/mol. The summed E-state index contributed by atoms with van der Waals surface area (Å²) in [4.78, 5) is 4.58. The molecule has 2 aromatic rings. The number of aliphatic imine (C=N–C) groups is 1. The summed E-state index contributed by atoms with van der Waals surface area (Å²) in [5, 5.41) is 17.1. The molecule has 2 rings (SSSR count). The van der Waals surface area contributed by atoms with Crippen LogP contribution in [0.2, 0.25) is 0 Å². The SMILES string of the molecule is CCNC(=NCc1cccc(OC)c1)NCC(C)(O)c1ccccc1.I. The third-order valence-corrected chi connectivity index (χ3v) is 3.89. The molecule has 0 aliphatic heterocycles. The Hall–Kier alpha value is -1.80. The highest BCUT2D eigenvalue weighted by molar-refractivity contribution is 14.0. The predicted octanol–water partition coefficient (Wildman–Crippen LogP) is 3.28. The van der Waals surface area contributed by atoms with Crippen molar-refractivity contribution in [1.29, 1.82) is 0 Å². The number of nitrogens with zero attached hydrogens (tertiary/aromatic N) is 1. The van der Waals surface area contributed by atoms with Crippen molar-refractivity contribution >= 4 is 29.9 Å². The third kappa shape index (κ3) is 6.84. The second kappa shape index (κ2) is 11.0. The first-order valence-corrected chi connectivity index (χ1v) is 8.48. The maximum Gasteiger partial charge on any atom is 0.191 e. The monoisotopic (exact) mass is 469 g/mol. The Kier molecular flexibility index (Phi) is 9.43. The van der Waals surface area contributed by atoms with Crippen LogP contribution in [0.5, 0.6) is 5.75 Å². The molecule has 26 heavy (non-hydrogen) atoms. The summed E-state index contributed by atoms with van der Waals surface area (Å²) in [6.45, 7) is 5.44. The summed E-state index contributed by atoms with van der Waals surface area (Å²) >= 11 is 0. The first-order chi connectivity index (χ1) is 12.0. The standard InChI is InChI=1S/C20H27N3O2.HI/c1-4-21-19(22-14-16-9-8-12-18(13-16)25-3)23-15-20(2,24)17-10-6-5-7-11-17;/h5-13,24H,4,14-15H2,1-3H3,(H2,21,22,23);1H. The van der Waals surface area contributed by atoms with Gasteiger partial charge < -0.3 is 20.5 Å². The summed E-state index contributed by atoms with van der Waals surface area (Å²) in [7, 11) is 1.65. The van der Waals surface area contributed by atoms with E-state index in [1.54, 1.807) is 14.0 Å². The van der Waals surface area contributed by atoms with Crippen molar-refractivity contribution in [1.82, 2.24) is 10.6 Å². The Labute approximate surface area is 172 Å². The molecule has 1 atom stereocenters. The van der Waals surface area contributed by atoms with Gasteiger partial charge in [-0.25, -0.2) is 4.99 Å². The molecular formula is C20H28IN3O2. The Balaban J connectivity index is 0.00000338. The van der Waals surface area contributed by atoms with Gasteiger partial charge in [0, 0.05) is 6.54 Å². The molecule has 0 fully saturated rings. The van der Waals surface area contributed by atoms with Gasteiger partial charge in [0.05, 0.1) is 20.2 Å². The smallest absolute Gasteiger partial charge is 0.191 e. The van der Waals surface area contributed by atoms with Gasteiger partial charge in [0.2, 0.25) is 0 Å². The summed E-state index contributed by atoms with van der Waals surface area (Å²) < 4.78 is 5.24. The average Bonchev–Trinajstić information content (AvgIpc) is 2.65. The molecule has 0 heterocycles. The fraction of sp³-hybridized carbons (Fsp3) is 0.350. The zero-order valence-electron chi connectivity index (χ0n) is 15.5. The van der Waals surface area contributed by atoms with E-state index in [-0.39, 0.29) is 24.0 Å². The molecule has 0 spiro atoms. The number of benzene rings is 2. The van der Waals surface area contributed by atoms with Gasteiger partial charge in [-0.1, -0.05) is 42.5 Å². The maximum absolute atomic E-state index is 10.7. The van der Waals surface area contributed by atoms with Gasteiger partial charge >= 0.3 is 0 Å². The van der Waals surface area contributed by atoms with E-state index in [1.807, 2.05) is 61.5 Å². The lowest BCUT2D eigenvalue weighted by Gasteiger charge is -2.25. The number of nitrogens with one attached hydrogen (secondary N) is 2. The second-order valence-electron chi connectivity index (χ2n) is 6.04. The highest BCUT2D eigenvalue weighted by Crippen LogP contribution is 2.19. The first-order valence-electron chi connectivity index (χ1n) is 8.48. The van der Waals surface area contributed by atoms with Crippen molar-refractivity contribution in [2.24, 2.45) is 4.99 Å². The van der Waals surface area contributed by atoms with Crippen LogP contribution in [0.1, 0.15) is 25.0 Å². The van der Waals surface area contributed by atoms with Gasteiger partial charge in [0.15, 0.2) is 5.96 Å². The van der Waals surface area contributed by atoms with Crippen molar-refractivity contribution in [3.63, 3.8) is 0 Å². The minimum atomic E-state index is -0.979. The molecule has 0 aliphatic carbocycles. The molecule has 6 heteroatoms. The molecule has 0 saturated heterocycles. The minimum absolute atomic E-state index is 0. The predicted molar refractivity (Wildman–Crippen MR) is 117 cm³/mol. The van der Waals surface area contributed by atoms with Gasteiger partial charge in [-0.2, -0.15) is 0 Å². The Morgan fingerprint density at radius 1 is 1.12 bits per heavy atom. The number of hydrogen-bond donors (Lipinski definition) is 3. The van der Waals surface area contributed by atoms with Gasteiger partial charge in [-0.15, -0.1) is 24.0 Å². The second-order valence-corrected chi connectivity index (χ2v) is 6.04. The highest BCUT2D eigenvalue weighted by Gasteiger charge is 2.22. The Morgan fingerprint density at radius 3 is 2.50 bits per heavy atom. The highest BCUT2D eigenvalue weighted by atomic mass is 127. The number of rotatable bonds is 7. The quantitative estimate of drug-likeness (QED) is 0.331. The molecular weight excluding hydrogens is 441 g/mol. The lowest BCUT2D eigenvalue weighted by molar-refractivity contribution is 0.0617. The van der Waals surface area contributed by atoms with Gasteiger partial charge in [0.25, 0.3) is 0 Å². The van der Waals surface area contributed by atoms with Crippen LogP contribution in [0.15, 0.2) is 59.6 Å². The molecule has 0 bridgehead atoms. The van der Waals surface area contributed by atoms with E-state index in [4.69, 9.17) is 4.74 Å². The van der Waals surface area contributed by atoms with E-state index in [9.17, 15) is 5.11 Å². The number of halogens is 1. The zero-order chi connectivity index (χ0) is 18.1.